The van der Waals surface area contributed by atoms with Crippen molar-refractivity contribution in [2.45, 2.75) is 109 Å². The van der Waals surface area contributed by atoms with Crippen molar-refractivity contribution < 1.29 is 19.1 Å². The van der Waals surface area contributed by atoms with Gasteiger partial charge in [0.2, 0.25) is 11.8 Å². The van der Waals surface area contributed by atoms with Crippen LogP contribution in [0.25, 0.3) is 0 Å². The van der Waals surface area contributed by atoms with Crippen LogP contribution in [0, 0.1) is 11.8 Å². The molecular weight excluding hydrogens is 751 g/mol. The summed E-state index contributed by atoms with van der Waals surface area (Å²) < 4.78 is 4.77. The Balaban J connectivity index is 1.56. The Morgan fingerprint density at radius 1 is 0.941 bits per heavy atom. The number of carbonyl (C=O) groups is 3. The topological polar surface area (TPSA) is 91.0 Å². The molecule has 2 aliphatic heterocycles. The van der Waals surface area contributed by atoms with Crippen LogP contribution in [-0.2, 0) is 17.7 Å². The molecule has 2 fully saturated rings. The van der Waals surface area contributed by atoms with E-state index in [4.69, 9.17) is 4.74 Å². The number of likely N-dealkylation sites (tertiary alicyclic amines) is 1. The Hall–Kier alpha value is -3.60. The Morgan fingerprint density at radius 2 is 1.61 bits per heavy atom. The van der Waals surface area contributed by atoms with Crippen molar-refractivity contribution in [3.63, 3.8) is 0 Å². The average molecular weight is 809 g/mol. The molecule has 9 heteroatoms. The van der Waals surface area contributed by atoms with Crippen molar-refractivity contribution in [2.75, 3.05) is 23.9 Å². The summed E-state index contributed by atoms with van der Waals surface area (Å²) in [6.07, 6.45) is 11.7. The predicted octanol–water partition coefficient (Wildman–Crippen LogP) is 9.48. The first-order chi connectivity index (χ1) is 24.2. The van der Waals surface area contributed by atoms with Gasteiger partial charge in [-0.05, 0) is 113 Å². The molecule has 2 aromatic carbocycles. The van der Waals surface area contributed by atoms with Gasteiger partial charge in [-0.1, -0.05) is 97.5 Å². The van der Waals surface area contributed by atoms with Crippen LogP contribution in [0.2, 0.25) is 0 Å². The van der Waals surface area contributed by atoms with Gasteiger partial charge in [0, 0.05) is 21.3 Å². The van der Waals surface area contributed by atoms with E-state index < -0.39 is 18.2 Å². The number of nitrogens with zero attached hydrogens (tertiary/aromatic N) is 2. The highest BCUT2D eigenvalue weighted by atomic mass is 127. The first-order valence-electron chi connectivity index (χ1n) is 18.3. The zero-order valence-corrected chi connectivity index (χ0v) is 34.0. The number of alkyl halides is 1. The highest BCUT2D eigenvalue weighted by molar-refractivity contribution is 14.1. The molecule has 2 N–H and O–H groups in total. The number of benzene rings is 2. The van der Waals surface area contributed by atoms with Crippen LogP contribution < -0.4 is 15.5 Å². The predicted molar refractivity (Wildman–Crippen MR) is 217 cm³/mol. The molecule has 2 heterocycles. The summed E-state index contributed by atoms with van der Waals surface area (Å²) in [6, 6.07) is 16.2. The monoisotopic (exact) mass is 808 g/mol. The molecule has 0 aromatic heterocycles. The molecule has 0 aliphatic carbocycles. The minimum absolute atomic E-state index is 0.0390. The van der Waals surface area contributed by atoms with Crippen LogP contribution in [0.15, 0.2) is 84.0 Å². The third-order valence-corrected chi connectivity index (χ3v) is 11.1. The van der Waals surface area contributed by atoms with Gasteiger partial charge in [0.15, 0.2) is 0 Å². The lowest BCUT2D eigenvalue weighted by Gasteiger charge is -2.34. The van der Waals surface area contributed by atoms with Crippen molar-refractivity contribution in [3.8, 4) is 0 Å². The highest BCUT2D eigenvalue weighted by Crippen LogP contribution is 2.44. The number of alkyl carbamates (subject to hydrolysis) is 1. The molecule has 8 nitrogen and oxygen atoms in total. The molecule has 276 valence electrons. The highest BCUT2D eigenvalue weighted by Gasteiger charge is 2.39. The Morgan fingerprint density at radius 3 is 2.18 bits per heavy atom. The molecule has 0 spiro atoms. The van der Waals surface area contributed by atoms with Crippen LogP contribution >= 0.6 is 22.6 Å². The fraction of sp³-hybridized carbons (Fsp3) is 0.500. The van der Waals surface area contributed by atoms with Gasteiger partial charge in [0.05, 0.1) is 19.2 Å². The first kappa shape index (κ1) is 40.2. The number of hydrogen-bond acceptors (Lipinski definition) is 5. The van der Waals surface area contributed by atoms with Gasteiger partial charge >= 0.3 is 6.09 Å². The van der Waals surface area contributed by atoms with E-state index in [1.807, 2.05) is 26.0 Å². The molecule has 51 heavy (non-hydrogen) atoms. The second-order valence-corrected chi connectivity index (χ2v) is 17.4. The number of rotatable bonds is 12. The van der Waals surface area contributed by atoms with E-state index >= 15 is 0 Å². The summed E-state index contributed by atoms with van der Waals surface area (Å²) in [4.78, 5) is 43.1. The summed E-state index contributed by atoms with van der Waals surface area (Å²) in [7, 11) is 1.27. The Bertz CT molecular complexity index is 1610. The minimum atomic E-state index is -0.771. The first-order valence-corrected chi connectivity index (χ1v) is 19.4. The molecule has 1 unspecified atom stereocenters. The van der Waals surface area contributed by atoms with Gasteiger partial charge in [-0.15, -0.1) is 0 Å². The number of hydrogen-bond donors (Lipinski definition) is 2. The van der Waals surface area contributed by atoms with E-state index in [9.17, 15) is 14.4 Å². The van der Waals surface area contributed by atoms with E-state index in [2.05, 4.69) is 140 Å². The standard InChI is InChI=1S/C42H57IN4O4/c1-10-28(5)29(6)14-15-30(11-2)35-24-25-36(47(35)34-22-18-32(19-23-34)42(7,8)43)31-16-20-33(21-17-31)44-39(48)37-13-12-26-46(37)40(49)38(27(3)4)45-41(50)51-9/h10-11,14-23,27,29,35-38H,12-13,24-26H2,1-9H3,(H,44,48)(H,45,50)/b15-14-,28-10+,30-11+/t29?,35-,36-,37+,38+/m1/s1. The van der Waals surface area contributed by atoms with Crippen molar-refractivity contribution in [2.24, 2.45) is 11.8 Å². The fourth-order valence-electron chi connectivity index (χ4n) is 7.12. The maximum atomic E-state index is 13.6. The Labute approximate surface area is 319 Å². The molecule has 4 rings (SSSR count). The summed E-state index contributed by atoms with van der Waals surface area (Å²) in [5, 5.41) is 5.71. The number of ether oxygens (including phenoxy) is 1. The van der Waals surface area contributed by atoms with Gasteiger partial charge in [0.25, 0.3) is 0 Å². The fourth-order valence-corrected chi connectivity index (χ4v) is 7.48. The van der Waals surface area contributed by atoms with E-state index in [1.165, 1.54) is 35.1 Å². The van der Waals surface area contributed by atoms with E-state index in [1.54, 1.807) is 4.90 Å². The van der Waals surface area contributed by atoms with Crippen molar-refractivity contribution in [3.05, 3.63) is 95.1 Å². The van der Waals surface area contributed by atoms with E-state index in [0.717, 1.165) is 19.3 Å². The molecule has 0 radical (unpaired) electrons. The van der Waals surface area contributed by atoms with E-state index in [0.29, 0.717) is 24.6 Å². The maximum absolute atomic E-state index is 13.6. The van der Waals surface area contributed by atoms with Gasteiger partial charge in [-0.25, -0.2) is 4.79 Å². The zero-order chi connectivity index (χ0) is 37.5. The molecule has 0 bridgehead atoms. The molecule has 0 saturated carbocycles. The lowest BCUT2D eigenvalue weighted by molar-refractivity contribution is -0.139. The quantitative estimate of drug-likeness (QED) is 0.0966. The van der Waals surface area contributed by atoms with Gasteiger partial charge in [-0.3, -0.25) is 9.59 Å². The lowest BCUT2D eigenvalue weighted by atomic mass is 9.97. The number of carbonyl (C=O) groups excluding carboxylic acids is 3. The maximum Gasteiger partial charge on any atom is 0.407 e. The van der Waals surface area contributed by atoms with Crippen LogP contribution in [0.5, 0.6) is 0 Å². The summed E-state index contributed by atoms with van der Waals surface area (Å²) >= 11 is 2.49. The number of methoxy groups -OCH3 is 1. The van der Waals surface area contributed by atoms with Crippen LogP contribution in [-0.4, -0.2) is 54.6 Å². The molecule has 3 amide bonds. The smallest absolute Gasteiger partial charge is 0.407 e. The van der Waals surface area contributed by atoms with Gasteiger partial charge in [-0.2, -0.15) is 0 Å². The van der Waals surface area contributed by atoms with Gasteiger partial charge < -0.3 is 25.2 Å². The number of nitrogens with one attached hydrogen (secondary N) is 2. The van der Waals surface area contributed by atoms with Crippen LogP contribution in [0.4, 0.5) is 16.2 Å². The molecule has 2 saturated heterocycles. The number of allylic oxidation sites excluding steroid dienone is 4. The summed E-state index contributed by atoms with van der Waals surface area (Å²) in [6.45, 7) is 17.3. The molecular formula is C42H57IN4O4. The summed E-state index contributed by atoms with van der Waals surface area (Å²) in [5.74, 6) is -0.283. The largest absolute Gasteiger partial charge is 0.453 e. The number of halogens is 1. The van der Waals surface area contributed by atoms with Crippen LogP contribution in [0.1, 0.15) is 98.2 Å². The van der Waals surface area contributed by atoms with Crippen molar-refractivity contribution in [1.82, 2.24) is 10.2 Å². The second kappa shape index (κ2) is 17.8. The molecule has 2 aliphatic rings. The zero-order valence-electron chi connectivity index (χ0n) is 31.8. The van der Waals surface area contributed by atoms with Gasteiger partial charge in [0.1, 0.15) is 12.1 Å². The average Bonchev–Trinajstić information content (AvgIpc) is 3.78. The normalized spacial score (nSPS) is 21.3. The molecule has 2 aromatic rings. The van der Waals surface area contributed by atoms with Crippen molar-refractivity contribution >= 4 is 51.9 Å². The van der Waals surface area contributed by atoms with Crippen LogP contribution in [0.3, 0.4) is 0 Å². The van der Waals surface area contributed by atoms with Crippen molar-refractivity contribution in [1.29, 1.82) is 0 Å². The Kier molecular flexibility index (Phi) is 14.0. The summed E-state index contributed by atoms with van der Waals surface area (Å²) in [5.41, 5.74) is 7.04. The third-order valence-electron chi connectivity index (χ3n) is 10.5. The third kappa shape index (κ3) is 9.84. The minimum Gasteiger partial charge on any atom is -0.453 e. The second-order valence-electron chi connectivity index (χ2n) is 14.7. The lowest BCUT2D eigenvalue weighted by Crippen LogP contribution is -2.54. The van der Waals surface area contributed by atoms with E-state index in [-0.39, 0.29) is 33.2 Å². The number of amides is 3. The SMILES string of the molecule is C/C=C(\C)C(C)/C=C\C(=C/C)[C@H]1CC[C@H](c2ccc(NC(=O)[C@@H]3CCCN3C(=O)[C@@H](NC(=O)OC)C(C)C)cc2)N1c1ccc(C(C)(C)I)cc1. The molecule has 5 atom stereocenters. The number of anilines is 2.